The van der Waals surface area contributed by atoms with Gasteiger partial charge in [-0.25, -0.2) is 0 Å². The van der Waals surface area contributed by atoms with Gasteiger partial charge in [-0.15, -0.1) is 12.4 Å². The van der Waals surface area contributed by atoms with Gasteiger partial charge < -0.3 is 5.73 Å². The Kier molecular flexibility index (Phi) is 7.06. The Balaban J connectivity index is 0. The Morgan fingerprint density at radius 2 is 1.73 bits per heavy atom. The van der Waals surface area contributed by atoms with Gasteiger partial charge >= 0.3 is 0 Å². The highest BCUT2D eigenvalue weighted by atomic mass is 35.5. The first-order chi connectivity index (χ1) is 6.04. The van der Waals surface area contributed by atoms with E-state index in [4.69, 9.17) is 5.73 Å². The first-order valence-electron chi connectivity index (χ1n) is 4.64. The molecule has 0 spiro atoms. The molecule has 94 valence electrons. The summed E-state index contributed by atoms with van der Waals surface area (Å²) in [5.74, 6) is 0.198. The molecular formula is C9H22ClNO3S. The van der Waals surface area contributed by atoms with E-state index in [-0.39, 0.29) is 36.4 Å². The van der Waals surface area contributed by atoms with Crippen molar-refractivity contribution in [1.29, 1.82) is 0 Å². The Labute approximate surface area is 99.1 Å². The zero-order valence-electron chi connectivity index (χ0n) is 9.98. The maximum atomic E-state index is 10.7. The average molecular weight is 260 g/mol. The lowest BCUT2D eigenvalue weighted by Gasteiger charge is -2.31. The Hall–Kier alpha value is 0.160. The summed E-state index contributed by atoms with van der Waals surface area (Å²) < 4.78 is 26.1. The van der Waals surface area contributed by atoms with Crippen molar-refractivity contribution in [1.82, 2.24) is 0 Å². The van der Waals surface area contributed by atoms with E-state index in [0.717, 1.165) is 6.26 Å². The molecule has 0 heterocycles. The number of halogens is 1. The van der Waals surface area contributed by atoms with E-state index in [1.165, 1.54) is 0 Å². The van der Waals surface area contributed by atoms with Crippen molar-refractivity contribution in [3.63, 3.8) is 0 Å². The van der Waals surface area contributed by atoms with Crippen LogP contribution in [0.1, 0.15) is 27.7 Å². The minimum Gasteiger partial charge on any atom is -0.325 e. The maximum absolute atomic E-state index is 10.7. The SMILES string of the molecule is C[C@H]([C@@H](N)COS(C)(=O)=O)C(C)(C)C.Cl. The fraction of sp³-hybridized carbons (Fsp3) is 1.00. The van der Waals surface area contributed by atoms with Gasteiger partial charge in [-0.3, -0.25) is 4.18 Å². The molecule has 0 rings (SSSR count). The smallest absolute Gasteiger partial charge is 0.264 e. The van der Waals surface area contributed by atoms with E-state index in [2.05, 4.69) is 25.0 Å². The molecule has 2 atom stereocenters. The van der Waals surface area contributed by atoms with Crippen LogP contribution in [0.4, 0.5) is 0 Å². The summed E-state index contributed by atoms with van der Waals surface area (Å²) in [6, 6.07) is -0.260. The topological polar surface area (TPSA) is 69.4 Å². The predicted octanol–water partition coefficient (Wildman–Crippen LogP) is 1.39. The largest absolute Gasteiger partial charge is 0.325 e. The fourth-order valence-electron chi connectivity index (χ4n) is 0.989. The van der Waals surface area contributed by atoms with Crippen LogP contribution in [-0.2, 0) is 14.3 Å². The molecule has 0 aromatic heterocycles. The molecule has 0 radical (unpaired) electrons. The van der Waals surface area contributed by atoms with Crippen molar-refractivity contribution < 1.29 is 12.6 Å². The van der Waals surface area contributed by atoms with Crippen LogP contribution in [0.15, 0.2) is 0 Å². The van der Waals surface area contributed by atoms with Crippen molar-refractivity contribution >= 4 is 22.5 Å². The molecule has 0 saturated heterocycles. The van der Waals surface area contributed by atoms with Gasteiger partial charge in [0, 0.05) is 6.04 Å². The first kappa shape index (κ1) is 17.6. The van der Waals surface area contributed by atoms with Crippen LogP contribution in [0.2, 0.25) is 0 Å². The third-order valence-electron chi connectivity index (χ3n) is 2.48. The molecule has 0 aromatic carbocycles. The molecule has 0 aliphatic carbocycles. The van der Waals surface area contributed by atoms with Gasteiger partial charge in [0.25, 0.3) is 10.1 Å². The molecule has 0 saturated carbocycles. The number of hydrogen-bond acceptors (Lipinski definition) is 4. The van der Waals surface area contributed by atoms with Gasteiger partial charge in [-0.2, -0.15) is 8.42 Å². The van der Waals surface area contributed by atoms with E-state index in [1.54, 1.807) is 0 Å². The molecule has 0 bridgehead atoms. The van der Waals surface area contributed by atoms with Crippen LogP contribution in [0, 0.1) is 11.3 Å². The highest BCUT2D eigenvalue weighted by Gasteiger charge is 2.26. The minimum atomic E-state index is -3.38. The van der Waals surface area contributed by atoms with Crippen LogP contribution >= 0.6 is 12.4 Å². The van der Waals surface area contributed by atoms with Gasteiger partial charge in [-0.05, 0) is 11.3 Å². The summed E-state index contributed by atoms with van der Waals surface area (Å²) in [6.07, 6.45) is 1.03. The Bertz CT molecular complexity index is 272. The van der Waals surface area contributed by atoms with Crippen molar-refractivity contribution in [2.75, 3.05) is 12.9 Å². The second kappa shape index (κ2) is 6.03. The molecule has 0 fully saturated rings. The van der Waals surface area contributed by atoms with E-state index in [1.807, 2.05) is 6.92 Å². The summed E-state index contributed by atoms with van der Waals surface area (Å²) in [5.41, 5.74) is 5.88. The molecule has 4 nitrogen and oxygen atoms in total. The maximum Gasteiger partial charge on any atom is 0.264 e. The number of rotatable bonds is 4. The summed E-state index contributed by atoms with van der Waals surface area (Å²) >= 11 is 0. The zero-order chi connectivity index (χ0) is 11.6. The van der Waals surface area contributed by atoms with E-state index in [9.17, 15) is 8.42 Å². The van der Waals surface area contributed by atoms with Crippen LogP contribution in [-0.4, -0.2) is 27.3 Å². The molecule has 0 unspecified atom stereocenters. The average Bonchev–Trinajstić information content (AvgIpc) is 1.95. The monoisotopic (exact) mass is 259 g/mol. The normalized spacial score (nSPS) is 16.7. The predicted molar refractivity (Wildman–Crippen MR) is 64.6 cm³/mol. The molecule has 0 amide bonds. The Morgan fingerprint density at radius 1 is 1.33 bits per heavy atom. The molecule has 2 N–H and O–H groups in total. The van der Waals surface area contributed by atoms with E-state index in [0.29, 0.717) is 0 Å². The van der Waals surface area contributed by atoms with Gasteiger partial charge in [0.1, 0.15) is 0 Å². The quantitative estimate of drug-likeness (QED) is 0.775. The fourth-order valence-corrected chi connectivity index (χ4v) is 1.39. The van der Waals surface area contributed by atoms with Gasteiger partial charge in [0.15, 0.2) is 0 Å². The molecule has 0 aliphatic rings. The standard InChI is InChI=1S/C9H21NO3S.ClH/c1-7(9(2,3)4)8(10)6-13-14(5,11)12;/h7-8H,6,10H2,1-5H3;1H/t7-,8+;/m1./s1. The summed E-state index contributed by atoms with van der Waals surface area (Å²) in [7, 11) is -3.38. The second-order valence-corrected chi connectivity index (χ2v) is 6.45. The third kappa shape index (κ3) is 8.02. The Morgan fingerprint density at radius 3 is 2.00 bits per heavy atom. The van der Waals surface area contributed by atoms with Crippen molar-refractivity contribution in [2.24, 2.45) is 17.1 Å². The lowest BCUT2D eigenvalue weighted by atomic mass is 9.78. The second-order valence-electron chi connectivity index (χ2n) is 4.81. The van der Waals surface area contributed by atoms with Crippen molar-refractivity contribution in [3.05, 3.63) is 0 Å². The molecule has 0 aliphatic heterocycles. The lowest BCUT2D eigenvalue weighted by Crippen LogP contribution is -2.40. The van der Waals surface area contributed by atoms with Gasteiger partial charge in [0.2, 0.25) is 0 Å². The lowest BCUT2D eigenvalue weighted by molar-refractivity contribution is 0.173. The molecule has 6 heteroatoms. The highest BCUT2D eigenvalue weighted by molar-refractivity contribution is 7.85. The number of nitrogens with two attached hydrogens (primary N) is 1. The summed E-state index contributed by atoms with van der Waals surface area (Å²) in [6.45, 7) is 8.25. The van der Waals surface area contributed by atoms with Crippen LogP contribution < -0.4 is 5.73 Å². The molecular weight excluding hydrogens is 238 g/mol. The van der Waals surface area contributed by atoms with E-state index >= 15 is 0 Å². The third-order valence-corrected chi connectivity index (χ3v) is 3.05. The van der Waals surface area contributed by atoms with Crippen molar-refractivity contribution in [3.8, 4) is 0 Å². The minimum absolute atomic E-state index is 0. The first-order valence-corrected chi connectivity index (χ1v) is 6.45. The van der Waals surface area contributed by atoms with Gasteiger partial charge in [0.05, 0.1) is 12.9 Å². The zero-order valence-corrected chi connectivity index (χ0v) is 11.6. The number of hydrogen-bond donors (Lipinski definition) is 1. The van der Waals surface area contributed by atoms with Crippen molar-refractivity contribution in [2.45, 2.75) is 33.7 Å². The van der Waals surface area contributed by atoms with Crippen LogP contribution in [0.25, 0.3) is 0 Å². The van der Waals surface area contributed by atoms with Crippen LogP contribution in [0.5, 0.6) is 0 Å². The molecule has 0 aromatic rings. The van der Waals surface area contributed by atoms with Crippen LogP contribution in [0.3, 0.4) is 0 Å². The van der Waals surface area contributed by atoms with E-state index < -0.39 is 10.1 Å². The van der Waals surface area contributed by atoms with Gasteiger partial charge in [-0.1, -0.05) is 27.7 Å². The summed E-state index contributed by atoms with van der Waals surface area (Å²) in [5, 5.41) is 0. The summed E-state index contributed by atoms with van der Waals surface area (Å²) in [4.78, 5) is 0. The molecule has 15 heavy (non-hydrogen) atoms. The highest BCUT2D eigenvalue weighted by Crippen LogP contribution is 2.27.